The molecule has 0 aliphatic carbocycles. The second-order valence-electron chi connectivity index (χ2n) is 3.85. The fourth-order valence-corrected chi connectivity index (χ4v) is 2.46. The van der Waals surface area contributed by atoms with E-state index < -0.39 is 17.9 Å². The Morgan fingerprint density at radius 3 is 2.71 bits per heavy atom. The number of rotatable bonds is 6. The molecule has 7 heteroatoms. The van der Waals surface area contributed by atoms with Gasteiger partial charge in [-0.05, 0) is 12.8 Å². The van der Waals surface area contributed by atoms with Gasteiger partial charge in [-0.1, -0.05) is 0 Å². The third kappa shape index (κ3) is 4.26. The molecule has 1 aliphatic heterocycles. The zero-order valence-electron chi connectivity index (χ0n) is 9.42. The minimum atomic E-state index is -0.944. The number of hydrogen-bond donors (Lipinski definition) is 2. The normalized spacial score (nSPS) is 19.3. The lowest BCUT2D eigenvalue weighted by atomic mass is 10.2. The highest BCUT2D eigenvalue weighted by molar-refractivity contribution is 7.99. The molecule has 1 heterocycles. The zero-order valence-corrected chi connectivity index (χ0v) is 10.2. The highest BCUT2D eigenvalue weighted by Gasteiger charge is 2.33. The molecule has 96 valence electrons. The van der Waals surface area contributed by atoms with Gasteiger partial charge in [-0.15, -0.1) is 0 Å². The molecule has 3 N–H and O–H groups in total. The van der Waals surface area contributed by atoms with Gasteiger partial charge in [0.2, 0.25) is 11.8 Å². The summed E-state index contributed by atoms with van der Waals surface area (Å²) in [5, 5.41) is 8.92. The summed E-state index contributed by atoms with van der Waals surface area (Å²) in [6, 6.07) is -0.677. The van der Waals surface area contributed by atoms with Crippen LogP contribution < -0.4 is 5.73 Å². The fraction of sp³-hybridized carbons (Fsp3) is 0.700. The third-order valence-corrected chi connectivity index (χ3v) is 3.54. The van der Waals surface area contributed by atoms with Gasteiger partial charge < -0.3 is 15.7 Å². The van der Waals surface area contributed by atoms with Crippen LogP contribution in [0.25, 0.3) is 0 Å². The van der Waals surface area contributed by atoms with Gasteiger partial charge in [-0.2, -0.15) is 11.8 Å². The van der Waals surface area contributed by atoms with Crippen molar-refractivity contribution >= 4 is 29.5 Å². The van der Waals surface area contributed by atoms with E-state index in [1.54, 1.807) is 0 Å². The van der Waals surface area contributed by atoms with E-state index in [4.69, 9.17) is 10.8 Å². The van der Waals surface area contributed by atoms with Crippen molar-refractivity contribution in [3.63, 3.8) is 0 Å². The first-order chi connectivity index (χ1) is 8.02. The van der Waals surface area contributed by atoms with E-state index in [1.807, 2.05) is 0 Å². The Kier molecular flexibility index (Phi) is 5.27. The summed E-state index contributed by atoms with van der Waals surface area (Å²) in [4.78, 5) is 34.5. The first kappa shape index (κ1) is 13.8. The Morgan fingerprint density at radius 2 is 2.12 bits per heavy atom. The van der Waals surface area contributed by atoms with Crippen molar-refractivity contribution in [2.24, 2.45) is 5.73 Å². The van der Waals surface area contributed by atoms with E-state index >= 15 is 0 Å². The highest BCUT2D eigenvalue weighted by Crippen LogP contribution is 2.19. The number of nitrogens with zero attached hydrogens (tertiary/aromatic N) is 1. The van der Waals surface area contributed by atoms with Crippen LogP contribution in [-0.2, 0) is 14.4 Å². The minimum absolute atomic E-state index is 0.160. The molecule has 0 unspecified atom stereocenters. The second kappa shape index (κ2) is 6.48. The summed E-state index contributed by atoms with van der Waals surface area (Å²) >= 11 is 1.29. The summed E-state index contributed by atoms with van der Waals surface area (Å²) < 4.78 is 0. The van der Waals surface area contributed by atoms with Gasteiger partial charge in [0.05, 0.1) is 5.75 Å². The van der Waals surface area contributed by atoms with Crippen molar-refractivity contribution < 1.29 is 19.5 Å². The third-order valence-electron chi connectivity index (χ3n) is 2.56. The maximum atomic E-state index is 11.7. The summed E-state index contributed by atoms with van der Waals surface area (Å²) in [7, 11) is 0. The molecule has 1 saturated heterocycles. The molecule has 1 atom stereocenters. The smallest absolute Gasteiger partial charge is 0.326 e. The molecule has 17 heavy (non-hydrogen) atoms. The Labute approximate surface area is 104 Å². The number of nitrogens with two attached hydrogens (primary N) is 1. The van der Waals surface area contributed by atoms with E-state index in [0.29, 0.717) is 18.7 Å². The molecule has 0 spiro atoms. The molecule has 0 radical (unpaired) electrons. The van der Waals surface area contributed by atoms with Crippen molar-refractivity contribution in [3.8, 4) is 0 Å². The van der Waals surface area contributed by atoms with E-state index in [9.17, 15) is 14.4 Å². The van der Waals surface area contributed by atoms with Crippen molar-refractivity contribution in [2.75, 3.05) is 18.1 Å². The average Bonchev–Trinajstić information content (AvgIpc) is 2.72. The van der Waals surface area contributed by atoms with Crippen LogP contribution in [-0.4, -0.2) is 51.9 Å². The molecule has 1 aliphatic rings. The van der Waals surface area contributed by atoms with Crippen LogP contribution in [0.1, 0.15) is 19.3 Å². The predicted molar refractivity (Wildman–Crippen MR) is 63.5 cm³/mol. The Hall–Kier alpha value is -1.24. The van der Waals surface area contributed by atoms with Crippen LogP contribution in [0.3, 0.4) is 0 Å². The molecule has 0 aromatic carbocycles. The summed E-state index contributed by atoms with van der Waals surface area (Å²) in [5.41, 5.74) is 4.96. The zero-order chi connectivity index (χ0) is 12.8. The monoisotopic (exact) mass is 260 g/mol. The van der Waals surface area contributed by atoms with Gasteiger partial charge in [0, 0.05) is 18.7 Å². The van der Waals surface area contributed by atoms with E-state index in [0.717, 1.165) is 6.42 Å². The lowest BCUT2D eigenvalue weighted by molar-refractivity contribution is -0.148. The van der Waals surface area contributed by atoms with Crippen molar-refractivity contribution in [2.45, 2.75) is 25.3 Å². The van der Waals surface area contributed by atoms with Crippen molar-refractivity contribution in [3.05, 3.63) is 0 Å². The van der Waals surface area contributed by atoms with E-state index in [1.165, 1.54) is 16.7 Å². The maximum Gasteiger partial charge on any atom is 0.326 e. The van der Waals surface area contributed by atoms with E-state index in [2.05, 4.69) is 0 Å². The first-order valence-corrected chi connectivity index (χ1v) is 6.56. The van der Waals surface area contributed by atoms with E-state index in [-0.39, 0.29) is 18.1 Å². The molecule has 0 aromatic rings. The fourth-order valence-electron chi connectivity index (χ4n) is 1.80. The van der Waals surface area contributed by atoms with Gasteiger partial charge >= 0.3 is 5.97 Å². The lowest BCUT2D eigenvalue weighted by Gasteiger charge is -2.21. The second-order valence-corrected chi connectivity index (χ2v) is 4.96. The van der Waals surface area contributed by atoms with Crippen LogP contribution in [0.15, 0.2) is 0 Å². The summed E-state index contributed by atoms with van der Waals surface area (Å²) in [5.74, 6) is -0.834. The lowest BCUT2D eigenvalue weighted by Crippen LogP contribution is -2.40. The van der Waals surface area contributed by atoms with Crippen LogP contribution in [0.2, 0.25) is 0 Å². The number of carbonyl (C=O) groups is 3. The number of amides is 2. The van der Waals surface area contributed by atoms with Gasteiger partial charge in [-0.3, -0.25) is 9.59 Å². The van der Waals surface area contributed by atoms with Crippen LogP contribution in [0, 0.1) is 0 Å². The minimum Gasteiger partial charge on any atom is -0.480 e. The molecule has 0 bridgehead atoms. The van der Waals surface area contributed by atoms with Gasteiger partial charge in [0.25, 0.3) is 0 Å². The van der Waals surface area contributed by atoms with Crippen LogP contribution in [0.5, 0.6) is 0 Å². The Morgan fingerprint density at radius 1 is 1.41 bits per heavy atom. The van der Waals surface area contributed by atoms with Gasteiger partial charge in [0.15, 0.2) is 0 Å². The van der Waals surface area contributed by atoms with Crippen molar-refractivity contribution in [1.29, 1.82) is 0 Å². The summed E-state index contributed by atoms with van der Waals surface area (Å²) in [6.45, 7) is 0.510. The molecule has 1 rings (SSSR count). The number of hydrogen-bond acceptors (Lipinski definition) is 4. The highest BCUT2D eigenvalue weighted by atomic mass is 32.2. The maximum absolute atomic E-state index is 11.7. The topological polar surface area (TPSA) is 101 Å². The Balaban J connectivity index is 2.32. The molecular weight excluding hydrogens is 244 g/mol. The number of thioether (sulfide) groups is 1. The van der Waals surface area contributed by atoms with Crippen LogP contribution >= 0.6 is 11.8 Å². The van der Waals surface area contributed by atoms with Gasteiger partial charge in [-0.25, -0.2) is 4.79 Å². The first-order valence-electron chi connectivity index (χ1n) is 5.40. The number of carboxylic acid groups (broad SMARTS) is 1. The molecule has 6 nitrogen and oxygen atoms in total. The molecule has 1 fully saturated rings. The Bertz CT molecular complexity index is 321. The predicted octanol–water partition coefficient (Wildman–Crippen LogP) is -0.329. The molecule has 0 saturated carbocycles. The van der Waals surface area contributed by atoms with Gasteiger partial charge in [0.1, 0.15) is 6.04 Å². The number of carboxylic acids is 1. The molecule has 0 aromatic heterocycles. The van der Waals surface area contributed by atoms with Crippen molar-refractivity contribution in [1.82, 2.24) is 4.90 Å². The average molecular weight is 260 g/mol. The molecular formula is C10H16N2O4S. The summed E-state index contributed by atoms with van der Waals surface area (Å²) in [6.07, 6.45) is 1.51. The standard InChI is InChI=1S/C10H16N2O4S/c11-8(13)6-17-5-3-9(14)12-4-1-2-7(12)10(15)16/h7H,1-6H2,(H2,11,13)(H,15,16)/t7-/m1/s1. The van der Waals surface area contributed by atoms with Crippen LogP contribution in [0.4, 0.5) is 0 Å². The number of primary amides is 1. The SMILES string of the molecule is NC(=O)CSCCC(=O)N1CCC[C@@H]1C(=O)O. The largest absolute Gasteiger partial charge is 0.480 e. The number of likely N-dealkylation sites (tertiary alicyclic amines) is 1. The number of aliphatic carboxylic acids is 1. The number of carbonyl (C=O) groups excluding carboxylic acids is 2. The quantitative estimate of drug-likeness (QED) is 0.637. The molecule has 2 amide bonds.